The van der Waals surface area contributed by atoms with Crippen molar-refractivity contribution in [1.29, 1.82) is 0 Å². The lowest BCUT2D eigenvalue weighted by atomic mass is 10.1. The standard InChI is InChI=1S/C16H22N4O4S/c1-11-18-14-4-3-12(7-15(14)19-11)8-16(21)17-9-13-10-20(5-6-24-13)25(2,22)23/h3-4,7,13H,5-6,8-10H2,1-2H3,(H,17,21)(H,18,19)/t13-/m0/s1. The second kappa shape index (κ2) is 7.11. The van der Waals surface area contributed by atoms with Crippen LogP contribution in [0, 0.1) is 6.92 Å². The first kappa shape index (κ1) is 17.8. The lowest BCUT2D eigenvalue weighted by Crippen LogP contribution is -2.49. The molecule has 2 aromatic rings. The van der Waals surface area contributed by atoms with Crippen molar-refractivity contribution in [2.75, 3.05) is 32.5 Å². The van der Waals surface area contributed by atoms with Crippen LogP contribution in [0.25, 0.3) is 11.0 Å². The molecule has 136 valence electrons. The monoisotopic (exact) mass is 366 g/mol. The highest BCUT2D eigenvalue weighted by molar-refractivity contribution is 7.88. The molecule has 0 saturated carbocycles. The molecule has 0 unspecified atom stereocenters. The second-order valence-electron chi connectivity index (χ2n) is 6.27. The van der Waals surface area contributed by atoms with Crippen LogP contribution in [0.4, 0.5) is 0 Å². The summed E-state index contributed by atoms with van der Waals surface area (Å²) in [5.41, 5.74) is 2.66. The summed E-state index contributed by atoms with van der Waals surface area (Å²) < 4.78 is 30.1. The summed E-state index contributed by atoms with van der Waals surface area (Å²) in [6.45, 7) is 3.13. The van der Waals surface area contributed by atoms with Crippen LogP contribution >= 0.6 is 0 Å². The number of ether oxygens (including phenoxy) is 1. The molecule has 8 nitrogen and oxygen atoms in total. The number of rotatable bonds is 5. The van der Waals surface area contributed by atoms with E-state index in [9.17, 15) is 13.2 Å². The van der Waals surface area contributed by atoms with Gasteiger partial charge in [0.15, 0.2) is 0 Å². The number of nitrogens with zero attached hydrogens (tertiary/aromatic N) is 2. The number of hydrogen-bond donors (Lipinski definition) is 2. The van der Waals surface area contributed by atoms with Crippen LogP contribution in [0.2, 0.25) is 0 Å². The fourth-order valence-electron chi connectivity index (χ4n) is 2.89. The Morgan fingerprint density at radius 3 is 3.04 bits per heavy atom. The molecule has 3 rings (SSSR count). The SMILES string of the molecule is Cc1nc2ccc(CC(=O)NC[C@H]3CN(S(C)(=O)=O)CCO3)cc2[nH]1. The van der Waals surface area contributed by atoms with Gasteiger partial charge in [0, 0.05) is 19.6 Å². The largest absolute Gasteiger partial charge is 0.374 e. The molecule has 2 N–H and O–H groups in total. The number of aryl methyl sites for hydroxylation is 1. The second-order valence-corrected chi connectivity index (χ2v) is 8.25. The third-order valence-electron chi connectivity index (χ3n) is 4.13. The van der Waals surface area contributed by atoms with Gasteiger partial charge in [-0.25, -0.2) is 13.4 Å². The van der Waals surface area contributed by atoms with Crippen LogP contribution in [-0.4, -0.2) is 67.2 Å². The van der Waals surface area contributed by atoms with Crippen LogP contribution in [-0.2, 0) is 26.0 Å². The van der Waals surface area contributed by atoms with Gasteiger partial charge in [-0.2, -0.15) is 4.31 Å². The average Bonchev–Trinajstić information content (AvgIpc) is 2.92. The maximum atomic E-state index is 12.2. The van der Waals surface area contributed by atoms with Gasteiger partial charge in [0.25, 0.3) is 0 Å². The Bertz CT molecular complexity index is 877. The highest BCUT2D eigenvalue weighted by Crippen LogP contribution is 2.14. The number of carbonyl (C=O) groups excluding carboxylic acids is 1. The maximum Gasteiger partial charge on any atom is 0.224 e. The van der Waals surface area contributed by atoms with E-state index in [-0.39, 0.29) is 31.5 Å². The minimum Gasteiger partial charge on any atom is -0.374 e. The fraction of sp³-hybridized carbons (Fsp3) is 0.500. The molecule has 9 heteroatoms. The summed E-state index contributed by atoms with van der Waals surface area (Å²) in [6.07, 6.45) is 1.10. The van der Waals surface area contributed by atoms with Gasteiger partial charge < -0.3 is 15.0 Å². The molecule has 25 heavy (non-hydrogen) atoms. The fourth-order valence-corrected chi connectivity index (χ4v) is 3.73. The van der Waals surface area contributed by atoms with E-state index in [1.54, 1.807) is 0 Å². The molecule has 2 heterocycles. The first-order chi connectivity index (χ1) is 11.8. The Hall–Kier alpha value is -1.97. The Kier molecular flexibility index (Phi) is 5.07. The number of nitrogens with one attached hydrogen (secondary N) is 2. The zero-order valence-corrected chi connectivity index (χ0v) is 15.1. The van der Waals surface area contributed by atoms with E-state index in [0.717, 1.165) is 22.4 Å². The number of amides is 1. The summed E-state index contributed by atoms with van der Waals surface area (Å²) in [6, 6.07) is 5.68. The molecule has 1 fully saturated rings. The Balaban J connectivity index is 1.53. The number of H-pyrrole nitrogens is 1. The molecule has 0 bridgehead atoms. The first-order valence-electron chi connectivity index (χ1n) is 8.10. The summed E-state index contributed by atoms with van der Waals surface area (Å²) in [7, 11) is -3.23. The first-order valence-corrected chi connectivity index (χ1v) is 9.95. The zero-order chi connectivity index (χ0) is 18.0. The average molecular weight is 366 g/mol. The van der Waals surface area contributed by atoms with Gasteiger partial charge in [-0.1, -0.05) is 6.07 Å². The Labute approximate surface area is 146 Å². The van der Waals surface area contributed by atoms with Gasteiger partial charge in [-0.3, -0.25) is 4.79 Å². The minimum atomic E-state index is -3.23. The highest BCUT2D eigenvalue weighted by Gasteiger charge is 2.26. The predicted molar refractivity (Wildman–Crippen MR) is 93.7 cm³/mol. The van der Waals surface area contributed by atoms with Gasteiger partial charge in [-0.15, -0.1) is 0 Å². The molecular formula is C16H22N4O4S. The van der Waals surface area contributed by atoms with Crippen molar-refractivity contribution in [3.63, 3.8) is 0 Å². The smallest absolute Gasteiger partial charge is 0.224 e. The van der Waals surface area contributed by atoms with Crippen molar-refractivity contribution in [2.24, 2.45) is 0 Å². The Morgan fingerprint density at radius 1 is 1.48 bits per heavy atom. The number of aromatic amines is 1. The predicted octanol–water partition coefficient (Wildman–Crippen LogP) is 0.190. The topological polar surface area (TPSA) is 104 Å². The van der Waals surface area contributed by atoms with E-state index >= 15 is 0 Å². The molecule has 1 amide bonds. The van der Waals surface area contributed by atoms with Crippen molar-refractivity contribution in [3.8, 4) is 0 Å². The minimum absolute atomic E-state index is 0.129. The van der Waals surface area contributed by atoms with Crippen molar-refractivity contribution in [2.45, 2.75) is 19.4 Å². The third kappa shape index (κ3) is 4.56. The normalized spacial score (nSPS) is 19.2. The van der Waals surface area contributed by atoms with E-state index in [2.05, 4.69) is 15.3 Å². The van der Waals surface area contributed by atoms with Gasteiger partial charge in [-0.05, 0) is 24.6 Å². The van der Waals surface area contributed by atoms with Crippen LogP contribution in [0.15, 0.2) is 18.2 Å². The van der Waals surface area contributed by atoms with E-state index < -0.39 is 10.0 Å². The van der Waals surface area contributed by atoms with Gasteiger partial charge in [0.2, 0.25) is 15.9 Å². The highest BCUT2D eigenvalue weighted by atomic mass is 32.2. The van der Waals surface area contributed by atoms with Gasteiger partial charge in [0.05, 0.1) is 36.4 Å². The van der Waals surface area contributed by atoms with Crippen LogP contribution in [0.1, 0.15) is 11.4 Å². The van der Waals surface area contributed by atoms with E-state index in [4.69, 9.17) is 4.74 Å². The third-order valence-corrected chi connectivity index (χ3v) is 5.40. The molecule has 1 aliphatic rings. The number of fused-ring (bicyclic) bond motifs is 1. The molecule has 1 saturated heterocycles. The maximum absolute atomic E-state index is 12.2. The number of hydrogen-bond acceptors (Lipinski definition) is 5. The summed E-state index contributed by atoms with van der Waals surface area (Å²) in [5.74, 6) is 0.706. The molecule has 0 radical (unpaired) electrons. The Morgan fingerprint density at radius 2 is 2.28 bits per heavy atom. The van der Waals surface area contributed by atoms with E-state index in [1.807, 2.05) is 25.1 Å². The number of imidazole rings is 1. The van der Waals surface area contributed by atoms with Crippen molar-refractivity contribution in [1.82, 2.24) is 19.6 Å². The van der Waals surface area contributed by atoms with E-state index in [1.165, 1.54) is 10.6 Å². The molecular weight excluding hydrogens is 344 g/mol. The van der Waals surface area contributed by atoms with Crippen LogP contribution in [0.5, 0.6) is 0 Å². The van der Waals surface area contributed by atoms with Crippen molar-refractivity contribution >= 4 is 27.0 Å². The van der Waals surface area contributed by atoms with Gasteiger partial charge >= 0.3 is 0 Å². The number of carbonyl (C=O) groups is 1. The van der Waals surface area contributed by atoms with Crippen molar-refractivity contribution < 1.29 is 17.9 Å². The zero-order valence-electron chi connectivity index (χ0n) is 14.3. The molecule has 0 spiro atoms. The number of benzene rings is 1. The van der Waals surface area contributed by atoms with Crippen LogP contribution < -0.4 is 5.32 Å². The van der Waals surface area contributed by atoms with E-state index in [0.29, 0.717) is 13.2 Å². The molecule has 1 aromatic heterocycles. The molecule has 0 aliphatic carbocycles. The lowest BCUT2D eigenvalue weighted by molar-refractivity contribution is -0.121. The summed E-state index contributed by atoms with van der Waals surface area (Å²) >= 11 is 0. The summed E-state index contributed by atoms with van der Waals surface area (Å²) in [5, 5.41) is 2.81. The lowest BCUT2D eigenvalue weighted by Gasteiger charge is -2.31. The number of morpholine rings is 1. The van der Waals surface area contributed by atoms with Gasteiger partial charge in [0.1, 0.15) is 5.82 Å². The number of aromatic nitrogens is 2. The van der Waals surface area contributed by atoms with Crippen LogP contribution in [0.3, 0.4) is 0 Å². The summed E-state index contributed by atoms with van der Waals surface area (Å²) in [4.78, 5) is 19.6. The molecule has 1 aliphatic heterocycles. The number of sulfonamides is 1. The quantitative estimate of drug-likeness (QED) is 0.786. The van der Waals surface area contributed by atoms with Crippen molar-refractivity contribution in [3.05, 3.63) is 29.6 Å². The molecule has 1 atom stereocenters. The molecule has 1 aromatic carbocycles.